The van der Waals surface area contributed by atoms with E-state index in [4.69, 9.17) is 9.15 Å². The number of furan rings is 1. The number of hydrogen-bond acceptors (Lipinski definition) is 6. The highest BCUT2D eigenvalue weighted by molar-refractivity contribution is 5.84. The first-order valence-corrected chi connectivity index (χ1v) is 8.71. The summed E-state index contributed by atoms with van der Waals surface area (Å²) >= 11 is 0. The van der Waals surface area contributed by atoms with Crippen LogP contribution in [-0.4, -0.2) is 29.0 Å². The molecule has 1 atom stereocenters. The van der Waals surface area contributed by atoms with E-state index in [2.05, 4.69) is 20.7 Å². The zero-order chi connectivity index (χ0) is 19.4. The highest BCUT2D eigenvalue weighted by Crippen LogP contribution is 2.26. The summed E-state index contributed by atoms with van der Waals surface area (Å²) in [5.74, 6) is 0.233. The number of rotatable bonds is 6. The highest BCUT2D eigenvalue weighted by atomic mass is 16.5. The Labute approximate surface area is 161 Å². The number of carbonyl (C=O) groups excluding carboxylic acids is 1. The van der Waals surface area contributed by atoms with Crippen molar-refractivity contribution in [1.29, 1.82) is 0 Å². The molecule has 0 aliphatic carbocycles. The second-order valence-corrected chi connectivity index (χ2v) is 6.13. The van der Waals surface area contributed by atoms with Gasteiger partial charge in [0.1, 0.15) is 11.6 Å². The molecular weight excluding hydrogens is 358 g/mol. The largest absolute Gasteiger partial charge is 0.496 e. The maximum atomic E-state index is 12.9. The zero-order valence-electron chi connectivity index (χ0n) is 15.2. The lowest BCUT2D eigenvalue weighted by Gasteiger charge is -2.33. The summed E-state index contributed by atoms with van der Waals surface area (Å²) in [4.78, 5) is 17.4. The summed E-state index contributed by atoms with van der Waals surface area (Å²) in [7, 11) is 1.58. The Morgan fingerprint density at radius 3 is 2.93 bits per heavy atom. The molecule has 3 aromatic rings. The summed E-state index contributed by atoms with van der Waals surface area (Å²) < 4.78 is 12.5. The van der Waals surface area contributed by atoms with Crippen LogP contribution in [0.2, 0.25) is 0 Å². The van der Waals surface area contributed by atoms with Crippen molar-refractivity contribution in [1.82, 2.24) is 20.4 Å². The number of aliphatic imine (C=N–C) groups is 1. The van der Waals surface area contributed by atoms with Crippen LogP contribution in [0.25, 0.3) is 5.82 Å². The third-order valence-electron chi connectivity index (χ3n) is 4.30. The number of ether oxygens (including phenoxy) is 1. The third kappa shape index (κ3) is 3.39. The number of hydrogen-bond donors (Lipinski definition) is 2. The summed E-state index contributed by atoms with van der Waals surface area (Å²) in [5.41, 5.74) is 0.778. The first-order valence-electron chi connectivity index (χ1n) is 8.71. The molecule has 0 saturated carbocycles. The van der Waals surface area contributed by atoms with E-state index in [1.165, 1.54) is 6.26 Å². The van der Waals surface area contributed by atoms with E-state index < -0.39 is 5.79 Å². The van der Waals surface area contributed by atoms with Crippen LogP contribution in [-0.2, 0) is 17.0 Å². The fourth-order valence-electron chi connectivity index (χ4n) is 3.03. The molecule has 1 unspecified atom stereocenters. The number of para-hydroxylation sites is 1. The molecule has 2 N–H and O–H groups in total. The van der Waals surface area contributed by atoms with Crippen molar-refractivity contribution >= 4 is 17.9 Å². The molecular formula is C20H19N5O3. The minimum Gasteiger partial charge on any atom is -0.496 e. The van der Waals surface area contributed by atoms with Gasteiger partial charge >= 0.3 is 0 Å². The van der Waals surface area contributed by atoms with Gasteiger partial charge in [0.2, 0.25) is 5.91 Å². The lowest BCUT2D eigenvalue weighted by Crippen LogP contribution is -2.56. The monoisotopic (exact) mass is 377 g/mol. The van der Waals surface area contributed by atoms with Crippen molar-refractivity contribution in [3.05, 3.63) is 78.5 Å². The molecule has 0 bridgehead atoms. The predicted octanol–water partition coefficient (Wildman–Crippen LogP) is 2.13. The van der Waals surface area contributed by atoms with Crippen LogP contribution in [0.1, 0.15) is 11.3 Å². The van der Waals surface area contributed by atoms with Gasteiger partial charge in [0.25, 0.3) is 5.79 Å². The van der Waals surface area contributed by atoms with E-state index in [9.17, 15) is 4.79 Å². The molecule has 8 nitrogen and oxygen atoms in total. The van der Waals surface area contributed by atoms with Crippen molar-refractivity contribution in [3.63, 3.8) is 0 Å². The number of aromatic nitrogens is 2. The quantitative estimate of drug-likeness (QED) is 0.686. The highest BCUT2D eigenvalue weighted by Gasteiger charge is 2.38. The first-order chi connectivity index (χ1) is 13.7. The van der Waals surface area contributed by atoms with Gasteiger partial charge < -0.3 is 19.8 Å². The number of nitrogens with one attached hydrogen (secondary N) is 2. The van der Waals surface area contributed by atoms with E-state index in [1.807, 2.05) is 30.3 Å². The second-order valence-electron chi connectivity index (χ2n) is 6.13. The first kappa shape index (κ1) is 17.6. The molecule has 1 aliphatic rings. The summed E-state index contributed by atoms with van der Waals surface area (Å²) in [6.07, 6.45) is 8.50. The van der Waals surface area contributed by atoms with Crippen LogP contribution >= 0.6 is 0 Å². The SMILES string of the molecule is COc1ccccc1CC(=O)NC1(c2ccco2)N=CC=C(n2cccn2)N1. The molecule has 3 heterocycles. The number of nitrogens with zero attached hydrogens (tertiary/aromatic N) is 3. The number of allylic oxidation sites excluding steroid dienone is 1. The van der Waals surface area contributed by atoms with E-state index in [1.54, 1.807) is 48.6 Å². The van der Waals surface area contributed by atoms with Gasteiger partial charge in [0, 0.05) is 24.2 Å². The zero-order valence-corrected chi connectivity index (χ0v) is 15.2. The molecule has 1 amide bonds. The topological polar surface area (TPSA) is 93.7 Å². The van der Waals surface area contributed by atoms with E-state index in [-0.39, 0.29) is 12.3 Å². The Morgan fingerprint density at radius 1 is 1.29 bits per heavy atom. The molecule has 28 heavy (non-hydrogen) atoms. The Bertz CT molecular complexity index is 1010. The second kappa shape index (κ2) is 7.43. The maximum Gasteiger partial charge on any atom is 0.269 e. The van der Waals surface area contributed by atoms with Gasteiger partial charge in [-0.05, 0) is 30.3 Å². The standard InChI is InChI=1S/C20H19N5O3/c1-27-16-7-3-2-6-15(16)14-19(26)24-20(17-8-4-13-28-17)21-11-9-18(23-20)25-12-5-10-22-25/h2-13,23H,14H2,1H3,(H,24,26). The molecule has 1 aliphatic heterocycles. The molecule has 0 saturated heterocycles. The Kier molecular flexibility index (Phi) is 4.67. The molecule has 8 heteroatoms. The van der Waals surface area contributed by atoms with Crippen LogP contribution in [0.15, 0.2) is 76.6 Å². The van der Waals surface area contributed by atoms with Crippen molar-refractivity contribution in [2.24, 2.45) is 4.99 Å². The Hall–Kier alpha value is -3.81. The van der Waals surface area contributed by atoms with Gasteiger partial charge in [-0.2, -0.15) is 5.10 Å². The van der Waals surface area contributed by atoms with E-state index in [0.29, 0.717) is 17.3 Å². The van der Waals surface area contributed by atoms with Gasteiger partial charge in [-0.1, -0.05) is 18.2 Å². The van der Waals surface area contributed by atoms with Gasteiger partial charge in [-0.15, -0.1) is 0 Å². The average molecular weight is 377 g/mol. The van der Waals surface area contributed by atoms with Crippen molar-refractivity contribution in [2.45, 2.75) is 12.2 Å². The smallest absolute Gasteiger partial charge is 0.269 e. The third-order valence-corrected chi connectivity index (χ3v) is 4.30. The number of methoxy groups -OCH3 is 1. The maximum absolute atomic E-state index is 12.9. The van der Waals surface area contributed by atoms with Gasteiger partial charge in [0.15, 0.2) is 5.76 Å². The summed E-state index contributed by atoms with van der Waals surface area (Å²) in [5, 5.41) is 10.4. The van der Waals surface area contributed by atoms with Crippen LogP contribution < -0.4 is 15.4 Å². The fourth-order valence-corrected chi connectivity index (χ4v) is 3.03. The Morgan fingerprint density at radius 2 is 2.18 bits per heavy atom. The van der Waals surface area contributed by atoms with Crippen LogP contribution in [0.4, 0.5) is 0 Å². The molecule has 4 rings (SSSR count). The van der Waals surface area contributed by atoms with Crippen molar-refractivity contribution in [3.8, 4) is 5.75 Å². The van der Waals surface area contributed by atoms with Crippen LogP contribution in [0, 0.1) is 0 Å². The predicted molar refractivity (Wildman–Crippen MR) is 103 cm³/mol. The lowest BCUT2D eigenvalue weighted by molar-refractivity contribution is -0.123. The van der Waals surface area contributed by atoms with Crippen molar-refractivity contribution in [2.75, 3.05) is 7.11 Å². The molecule has 142 valence electrons. The van der Waals surface area contributed by atoms with Crippen molar-refractivity contribution < 1.29 is 13.9 Å². The summed E-state index contributed by atoms with van der Waals surface area (Å²) in [6.45, 7) is 0. The molecule has 0 fully saturated rings. The molecule has 0 spiro atoms. The average Bonchev–Trinajstić information content (AvgIpc) is 3.43. The lowest BCUT2D eigenvalue weighted by atomic mass is 10.1. The number of amides is 1. The van der Waals surface area contributed by atoms with Gasteiger partial charge in [-0.3, -0.25) is 4.79 Å². The van der Waals surface area contributed by atoms with Crippen LogP contribution in [0.3, 0.4) is 0 Å². The fraction of sp³-hybridized carbons (Fsp3) is 0.150. The van der Waals surface area contributed by atoms with E-state index >= 15 is 0 Å². The van der Waals surface area contributed by atoms with Gasteiger partial charge in [-0.25, -0.2) is 9.67 Å². The number of benzene rings is 1. The van der Waals surface area contributed by atoms with E-state index in [0.717, 1.165) is 5.56 Å². The molecule has 2 aromatic heterocycles. The molecule has 1 aromatic carbocycles. The normalized spacial score (nSPS) is 18.2. The minimum atomic E-state index is -1.28. The Balaban J connectivity index is 1.60. The summed E-state index contributed by atoms with van der Waals surface area (Å²) in [6, 6.07) is 12.7. The van der Waals surface area contributed by atoms with Gasteiger partial charge in [0.05, 0.1) is 19.8 Å². The minimum absolute atomic E-state index is 0.129. The van der Waals surface area contributed by atoms with Crippen LogP contribution in [0.5, 0.6) is 5.75 Å². The molecule has 0 radical (unpaired) electrons. The number of carbonyl (C=O) groups is 1.